The average molecular weight is 203 g/mol. The van der Waals surface area contributed by atoms with Gasteiger partial charge in [-0.05, 0) is 37.0 Å². The predicted octanol–water partition coefficient (Wildman–Crippen LogP) is 2.46. The molecule has 1 rings (SSSR count). The van der Waals surface area contributed by atoms with Crippen molar-refractivity contribution in [2.75, 3.05) is 0 Å². The van der Waals surface area contributed by atoms with Crippen LogP contribution < -0.4 is 0 Å². The molecule has 1 N–H and O–H groups in total. The molecule has 0 aliphatic carbocycles. The standard InChI is InChI=1S/C12H13NO2/c1-8-5-6-9(2)11(12(14)15)10(8)4-3-7-13/h5-6H,3-4H2,1-2H3,(H,14,15). The summed E-state index contributed by atoms with van der Waals surface area (Å²) >= 11 is 0. The Morgan fingerprint density at radius 1 is 1.40 bits per heavy atom. The molecule has 0 aromatic heterocycles. The minimum Gasteiger partial charge on any atom is -0.478 e. The van der Waals surface area contributed by atoms with Gasteiger partial charge < -0.3 is 5.11 Å². The van der Waals surface area contributed by atoms with Gasteiger partial charge in [-0.1, -0.05) is 12.1 Å². The number of aryl methyl sites for hydroxylation is 2. The van der Waals surface area contributed by atoms with Gasteiger partial charge in [0.15, 0.2) is 0 Å². The van der Waals surface area contributed by atoms with Crippen LogP contribution in [0.1, 0.15) is 33.5 Å². The summed E-state index contributed by atoms with van der Waals surface area (Å²) < 4.78 is 0. The Morgan fingerprint density at radius 2 is 2.00 bits per heavy atom. The summed E-state index contributed by atoms with van der Waals surface area (Å²) in [5.74, 6) is -0.913. The van der Waals surface area contributed by atoms with Crippen LogP contribution in [-0.4, -0.2) is 11.1 Å². The number of carboxylic acids is 1. The first kappa shape index (κ1) is 11.3. The van der Waals surface area contributed by atoms with Crippen LogP contribution in [0.3, 0.4) is 0 Å². The number of nitrogens with zero attached hydrogens (tertiary/aromatic N) is 1. The van der Waals surface area contributed by atoms with Gasteiger partial charge >= 0.3 is 5.97 Å². The van der Waals surface area contributed by atoms with Gasteiger partial charge in [-0.25, -0.2) is 4.79 Å². The number of carboxylic acid groups (broad SMARTS) is 1. The lowest BCUT2D eigenvalue weighted by atomic mass is 9.94. The zero-order valence-electron chi connectivity index (χ0n) is 8.87. The van der Waals surface area contributed by atoms with Crippen LogP contribution in [0, 0.1) is 25.2 Å². The molecular formula is C12H13NO2. The number of carbonyl (C=O) groups is 1. The van der Waals surface area contributed by atoms with E-state index in [1.807, 2.05) is 19.1 Å². The van der Waals surface area contributed by atoms with Crippen LogP contribution >= 0.6 is 0 Å². The highest BCUT2D eigenvalue weighted by Crippen LogP contribution is 2.20. The van der Waals surface area contributed by atoms with Crippen LogP contribution in [-0.2, 0) is 6.42 Å². The lowest BCUT2D eigenvalue weighted by molar-refractivity contribution is 0.0695. The zero-order chi connectivity index (χ0) is 11.4. The molecule has 0 aliphatic rings. The molecule has 0 saturated heterocycles. The maximum Gasteiger partial charge on any atom is 0.336 e. The van der Waals surface area contributed by atoms with Gasteiger partial charge in [0, 0.05) is 6.42 Å². The fraction of sp³-hybridized carbons (Fsp3) is 0.333. The molecule has 1 aromatic rings. The molecule has 0 spiro atoms. The average Bonchev–Trinajstić information content (AvgIpc) is 2.18. The number of rotatable bonds is 3. The monoisotopic (exact) mass is 203 g/mol. The number of hydrogen-bond donors (Lipinski definition) is 1. The second kappa shape index (κ2) is 4.61. The van der Waals surface area contributed by atoms with E-state index in [0.29, 0.717) is 18.4 Å². The summed E-state index contributed by atoms with van der Waals surface area (Å²) in [6.45, 7) is 3.65. The van der Waals surface area contributed by atoms with Crippen molar-refractivity contribution >= 4 is 5.97 Å². The molecule has 0 radical (unpaired) electrons. The highest BCUT2D eigenvalue weighted by Gasteiger charge is 2.14. The minimum absolute atomic E-state index is 0.352. The lowest BCUT2D eigenvalue weighted by Gasteiger charge is -2.10. The Bertz CT molecular complexity index is 430. The van der Waals surface area contributed by atoms with Crippen molar-refractivity contribution in [3.8, 4) is 6.07 Å². The van der Waals surface area contributed by atoms with E-state index in [2.05, 4.69) is 0 Å². The van der Waals surface area contributed by atoms with Crippen molar-refractivity contribution in [3.63, 3.8) is 0 Å². The van der Waals surface area contributed by atoms with E-state index >= 15 is 0 Å². The van der Waals surface area contributed by atoms with E-state index in [1.165, 1.54) is 0 Å². The summed E-state index contributed by atoms with van der Waals surface area (Å²) in [7, 11) is 0. The van der Waals surface area contributed by atoms with Gasteiger partial charge in [-0.3, -0.25) is 0 Å². The first-order valence-corrected chi connectivity index (χ1v) is 4.77. The third-order valence-corrected chi connectivity index (χ3v) is 2.46. The van der Waals surface area contributed by atoms with Gasteiger partial charge in [0.05, 0.1) is 11.6 Å². The van der Waals surface area contributed by atoms with Crippen molar-refractivity contribution in [1.82, 2.24) is 0 Å². The molecule has 0 fully saturated rings. The maximum atomic E-state index is 11.1. The molecule has 0 bridgehead atoms. The number of benzene rings is 1. The molecule has 0 unspecified atom stereocenters. The smallest absolute Gasteiger partial charge is 0.336 e. The van der Waals surface area contributed by atoms with Crippen molar-refractivity contribution in [2.45, 2.75) is 26.7 Å². The Kier molecular flexibility index (Phi) is 3.46. The SMILES string of the molecule is Cc1ccc(C)c(C(=O)O)c1CCC#N. The van der Waals surface area contributed by atoms with Gasteiger partial charge in [-0.15, -0.1) is 0 Å². The van der Waals surface area contributed by atoms with E-state index in [-0.39, 0.29) is 0 Å². The van der Waals surface area contributed by atoms with E-state index in [1.54, 1.807) is 13.0 Å². The molecule has 0 atom stereocenters. The van der Waals surface area contributed by atoms with E-state index in [4.69, 9.17) is 10.4 Å². The first-order chi connectivity index (χ1) is 7.07. The van der Waals surface area contributed by atoms with Crippen LogP contribution in [0.5, 0.6) is 0 Å². The summed E-state index contributed by atoms with van der Waals surface area (Å²) in [5.41, 5.74) is 2.82. The third-order valence-electron chi connectivity index (χ3n) is 2.46. The highest BCUT2D eigenvalue weighted by atomic mass is 16.4. The normalized spacial score (nSPS) is 9.67. The maximum absolute atomic E-state index is 11.1. The van der Waals surface area contributed by atoms with Crippen molar-refractivity contribution < 1.29 is 9.90 Å². The molecule has 15 heavy (non-hydrogen) atoms. The predicted molar refractivity (Wildman–Crippen MR) is 56.8 cm³/mol. The quantitative estimate of drug-likeness (QED) is 0.820. The van der Waals surface area contributed by atoms with E-state index in [0.717, 1.165) is 16.7 Å². The molecule has 3 nitrogen and oxygen atoms in total. The van der Waals surface area contributed by atoms with Crippen molar-refractivity contribution in [1.29, 1.82) is 5.26 Å². The third kappa shape index (κ3) is 2.35. The molecular weight excluding hydrogens is 190 g/mol. The first-order valence-electron chi connectivity index (χ1n) is 4.77. The summed E-state index contributed by atoms with van der Waals surface area (Å²) in [6, 6.07) is 5.73. The van der Waals surface area contributed by atoms with Crippen molar-refractivity contribution in [3.05, 3.63) is 34.4 Å². The fourth-order valence-corrected chi connectivity index (χ4v) is 1.67. The van der Waals surface area contributed by atoms with Gasteiger partial charge in [0.25, 0.3) is 0 Å². The molecule has 0 amide bonds. The van der Waals surface area contributed by atoms with E-state index < -0.39 is 5.97 Å². The Balaban J connectivity index is 3.26. The largest absolute Gasteiger partial charge is 0.478 e. The van der Waals surface area contributed by atoms with Crippen LogP contribution in [0.4, 0.5) is 0 Å². The van der Waals surface area contributed by atoms with Crippen LogP contribution in [0.25, 0.3) is 0 Å². The minimum atomic E-state index is -0.913. The van der Waals surface area contributed by atoms with Crippen LogP contribution in [0.2, 0.25) is 0 Å². The van der Waals surface area contributed by atoms with Gasteiger partial charge in [0.1, 0.15) is 0 Å². The second-order valence-electron chi connectivity index (χ2n) is 3.52. The number of nitriles is 1. The zero-order valence-corrected chi connectivity index (χ0v) is 8.87. The molecule has 0 saturated carbocycles. The highest BCUT2D eigenvalue weighted by molar-refractivity contribution is 5.91. The summed E-state index contributed by atoms with van der Waals surface area (Å²) in [5, 5.41) is 17.6. The number of hydrogen-bond acceptors (Lipinski definition) is 2. The number of aromatic carboxylic acids is 1. The van der Waals surface area contributed by atoms with E-state index in [9.17, 15) is 4.79 Å². The molecule has 78 valence electrons. The molecule has 0 aliphatic heterocycles. The molecule has 0 heterocycles. The molecule has 1 aromatic carbocycles. The van der Waals surface area contributed by atoms with Gasteiger partial charge in [0.2, 0.25) is 0 Å². The fourth-order valence-electron chi connectivity index (χ4n) is 1.67. The Hall–Kier alpha value is -1.82. The van der Waals surface area contributed by atoms with Gasteiger partial charge in [-0.2, -0.15) is 5.26 Å². The Labute approximate surface area is 89.0 Å². The summed E-state index contributed by atoms with van der Waals surface area (Å²) in [6.07, 6.45) is 0.857. The second-order valence-corrected chi connectivity index (χ2v) is 3.52. The van der Waals surface area contributed by atoms with Crippen molar-refractivity contribution in [2.24, 2.45) is 0 Å². The van der Waals surface area contributed by atoms with Crippen LogP contribution in [0.15, 0.2) is 12.1 Å². The Morgan fingerprint density at radius 3 is 2.53 bits per heavy atom. The topological polar surface area (TPSA) is 61.1 Å². The summed E-state index contributed by atoms with van der Waals surface area (Å²) in [4.78, 5) is 11.1. The lowest BCUT2D eigenvalue weighted by Crippen LogP contribution is -2.07. The molecule has 3 heteroatoms.